The van der Waals surface area contributed by atoms with Crippen LogP contribution in [0.2, 0.25) is 0 Å². The molecule has 0 unspecified atom stereocenters. The normalized spacial score (nSPS) is 11.8. The van der Waals surface area contributed by atoms with E-state index in [1.54, 1.807) is 54.1 Å². The van der Waals surface area contributed by atoms with Gasteiger partial charge in [-0.25, -0.2) is 8.42 Å². The van der Waals surface area contributed by atoms with Gasteiger partial charge in [-0.3, -0.25) is 9.52 Å². The molecule has 0 radical (unpaired) electrons. The predicted molar refractivity (Wildman–Crippen MR) is 140 cm³/mol. The second-order valence-corrected chi connectivity index (χ2v) is 10.5. The maximum atomic E-state index is 13.1. The van der Waals surface area contributed by atoms with E-state index < -0.39 is 15.9 Å². The Kier molecular flexibility index (Phi) is 7.15. The van der Waals surface area contributed by atoms with E-state index in [4.69, 9.17) is 15.9 Å². The minimum atomic E-state index is -3.82. The number of carbonyl (C=O) groups is 1. The Labute approximate surface area is 212 Å². The molecular formula is C26H23N3O5S2. The van der Waals surface area contributed by atoms with Crippen molar-refractivity contribution in [1.82, 2.24) is 4.57 Å². The second kappa shape index (κ2) is 10.3. The van der Waals surface area contributed by atoms with Crippen LogP contribution in [0.4, 0.5) is 5.69 Å². The molecule has 4 aromatic rings. The summed E-state index contributed by atoms with van der Waals surface area (Å²) in [6.07, 6.45) is 5.57. The fourth-order valence-corrected chi connectivity index (χ4v) is 5.61. The van der Waals surface area contributed by atoms with Crippen molar-refractivity contribution in [3.8, 4) is 23.8 Å². The van der Waals surface area contributed by atoms with Crippen molar-refractivity contribution in [1.29, 1.82) is 0 Å². The highest BCUT2D eigenvalue weighted by molar-refractivity contribution is 7.92. The summed E-state index contributed by atoms with van der Waals surface area (Å²) in [7, 11) is -0.735. The number of ether oxygens (including phenoxy) is 2. The monoisotopic (exact) mass is 521 g/mol. The van der Waals surface area contributed by atoms with Crippen molar-refractivity contribution in [2.75, 3.05) is 18.9 Å². The molecule has 0 aliphatic carbocycles. The van der Waals surface area contributed by atoms with Gasteiger partial charge in [-0.2, -0.15) is 4.99 Å². The van der Waals surface area contributed by atoms with E-state index >= 15 is 0 Å². The largest absolute Gasteiger partial charge is 0.493 e. The molecule has 184 valence electrons. The smallest absolute Gasteiger partial charge is 0.279 e. The summed E-state index contributed by atoms with van der Waals surface area (Å²) in [6.45, 7) is 2.07. The van der Waals surface area contributed by atoms with Crippen LogP contribution in [-0.2, 0) is 16.6 Å². The highest BCUT2D eigenvalue weighted by Gasteiger charge is 2.16. The van der Waals surface area contributed by atoms with Gasteiger partial charge in [0.05, 0.1) is 35.9 Å². The molecule has 3 aromatic carbocycles. The summed E-state index contributed by atoms with van der Waals surface area (Å²) >= 11 is 1.28. The van der Waals surface area contributed by atoms with Crippen molar-refractivity contribution in [3.05, 3.63) is 76.6 Å². The number of benzene rings is 3. The highest BCUT2D eigenvalue weighted by Crippen LogP contribution is 2.33. The number of aryl methyl sites for hydroxylation is 1. The molecule has 0 spiro atoms. The minimum absolute atomic E-state index is 0.126. The zero-order valence-electron chi connectivity index (χ0n) is 19.8. The van der Waals surface area contributed by atoms with Crippen LogP contribution in [0.3, 0.4) is 0 Å². The van der Waals surface area contributed by atoms with Crippen LogP contribution >= 0.6 is 11.3 Å². The van der Waals surface area contributed by atoms with Gasteiger partial charge in [0, 0.05) is 23.4 Å². The van der Waals surface area contributed by atoms with Gasteiger partial charge in [0.1, 0.15) is 0 Å². The third-order valence-electron chi connectivity index (χ3n) is 5.33. The van der Waals surface area contributed by atoms with Crippen LogP contribution in [0.25, 0.3) is 10.2 Å². The first kappa shape index (κ1) is 25.0. The Morgan fingerprint density at radius 3 is 2.44 bits per heavy atom. The number of carbonyl (C=O) groups excluding carboxylic acids is 1. The average Bonchev–Trinajstić information content (AvgIpc) is 3.19. The van der Waals surface area contributed by atoms with E-state index in [2.05, 4.69) is 15.6 Å². The summed E-state index contributed by atoms with van der Waals surface area (Å²) < 4.78 is 41.3. The van der Waals surface area contributed by atoms with Gasteiger partial charge in [0.25, 0.3) is 15.9 Å². The number of hydrogen-bond acceptors (Lipinski definition) is 6. The first-order valence-electron chi connectivity index (χ1n) is 10.7. The van der Waals surface area contributed by atoms with Crippen LogP contribution in [0, 0.1) is 19.3 Å². The highest BCUT2D eigenvalue weighted by atomic mass is 32.2. The maximum absolute atomic E-state index is 13.1. The van der Waals surface area contributed by atoms with Crippen molar-refractivity contribution >= 4 is 43.2 Å². The Morgan fingerprint density at radius 2 is 1.78 bits per heavy atom. The fraction of sp³-hybridized carbons (Fsp3) is 0.154. The minimum Gasteiger partial charge on any atom is -0.493 e. The van der Waals surface area contributed by atoms with Crippen molar-refractivity contribution < 1.29 is 22.7 Å². The van der Waals surface area contributed by atoms with Crippen molar-refractivity contribution in [2.24, 2.45) is 4.99 Å². The maximum Gasteiger partial charge on any atom is 0.279 e. The van der Waals surface area contributed by atoms with E-state index in [0.717, 1.165) is 15.8 Å². The number of nitrogens with zero attached hydrogens (tertiary/aromatic N) is 2. The number of sulfonamides is 1. The molecule has 0 bridgehead atoms. The SMILES string of the molecule is C#CCn1c(=NC(=O)c2cccc(NS(=O)(=O)c3ccc(C)cc3)c2)sc2cc(OC)c(OC)cc21. The van der Waals surface area contributed by atoms with Crippen molar-refractivity contribution in [2.45, 2.75) is 18.4 Å². The lowest BCUT2D eigenvalue weighted by Gasteiger charge is -2.09. The number of rotatable bonds is 7. The van der Waals surface area contributed by atoms with E-state index in [1.165, 1.54) is 36.6 Å². The standard InChI is InChI=1S/C26H23N3O5S2/c1-5-13-29-21-15-22(33-3)23(34-4)16-24(21)35-26(29)27-25(30)18-7-6-8-19(14-18)28-36(31,32)20-11-9-17(2)10-12-20/h1,6-12,14-16,28H,13H2,2-4H3. The molecule has 0 fully saturated rings. The van der Waals surface area contributed by atoms with E-state index in [-0.39, 0.29) is 22.7 Å². The number of hydrogen-bond donors (Lipinski definition) is 1. The summed E-state index contributed by atoms with van der Waals surface area (Å²) in [5.41, 5.74) is 2.17. The fourth-order valence-electron chi connectivity index (χ4n) is 3.52. The number of methoxy groups -OCH3 is 2. The third-order valence-corrected chi connectivity index (χ3v) is 7.77. The Hall–Kier alpha value is -4.07. The molecule has 10 heteroatoms. The number of fused-ring (bicyclic) bond motifs is 1. The molecule has 1 amide bonds. The Morgan fingerprint density at radius 1 is 1.08 bits per heavy atom. The predicted octanol–water partition coefficient (Wildman–Crippen LogP) is 4.20. The van der Waals surface area contributed by atoms with Crippen LogP contribution in [0.5, 0.6) is 11.5 Å². The molecule has 8 nitrogen and oxygen atoms in total. The first-order valence-corrected chi connectivity index (χ1v) is 13.0. The van der Waals surface area contributed by atoms with Crippen molar-refractivity contribution in [3.63, 3.8) is 0 Å². The molecule has 36 heavy (non-hydrogen) atoms. The molecule has 1 N–H and O–H groups in total. The summed E-state index contributed by atoms with van der Waals surface area (Å²) in [6, 6.07) is 16.2. The van der Waals surface area contributed by atoms with Crippen LogP contribution in [0.1, 0.15) is 15.9 Å². The summed E-state index contributed by atoms with van der Waals surface area (Å²) in [4.78, 5) is 17.9. The average molecular weight is 522 g/mol. The van der Waals surface area contributed by atoms with Gasteiger partial charge >= 0.3 is 0 Å². The molecular weight excluding hydrogens is 498 g/mol. The summed E-state index contributed by atoms with van der Waals surface area (Å²) in [5, 5.41) is 0. The Bertz CT molecular complexity index is 1660. The van der Waals surface area contributed by atoms with Crippen LogP contribution in [-0.4, -0.2) is 33.1 Å². The number of anilines is 1. The van der Waals surface area contributed by atoms with E-state index in [1.807, 2.05) is 6.92 Å². The molecule has 4 rings (SSSR count). The molecule has 1 aromatic heterocycles. The van der Waals surface area contributed by atoms with E-state index in [9.17, 15) is 13.2 Å². The third kappa shape index (κ3) is 5.12. The first-order chi connectivity index (χ1) is 17.2. The Balaban J connectivity index is 1.70. The quantitative estimate of drug-likeness (QED) is 0.368. The lowest BCUT2D eigenvalue weighted by molar-refractivity contribution is 0.0998. The molecule has 1 heterocycles. The molecule has 0 saturated heterocycles. The topological polar surface area (TPSA) is 99.0 Å². The van der Waals surface area contributed by atoms with Crippen LogP contribution in [0.15, 0.2) is 70.6 Å². The molecule has 0 saturated carbocycles. The number of aromatic nitrogens is 1. The van der Waals surface area contributed by atoms with Gasteiger partial charge in [-0.05, 0) is 37.3 Å². The number of nitrogens with one attached hydrogen (secondary N) is 1. The number of amides is 1. The molecule has 0 aliphatic heterocycles. The number of terminal acetylenes is 1. The van der Waals surface area contributed by atoms with E-state index in [0.29, 0.717) is 16.3 Å². The van der Waals surface area contributed by atoms with Gasteiger partial charge in [0.2, 0.25) is 0 Å². The van der Waals surface area contributed by atoms with Gasteiger partial charge in [0.15, 0.2) is 16.3 Å². The second-order valence-electron chi connectivity index (χ2n) is 7.77. The lowest BCUT2D eigenvalue weighted by atomic mass is 10.2. The lowest BCUT2D eigenvalue weighted by Crippen LogP contribution is -2.17. The van der Waals surface area contributed by atoms with Gasteiger partial charge in [-0.1, -0.05) is 41.0 Å². The van der Waals surface area contributed by atoms with Gasteiger partial charge in [-0.15, -0.1) is 6.42 Å². The molecule has 0 atom stereocenters. The zero-order valence-corrected chi connectivity index (χ0v) is 21.4. The van der Waals surface area contributed by atoms with Crippen LogP contribution < -0.4 is 19.0 Å². The summed E-state index contributed by atoms with van der Waals surface area (Å²) in [5.74, 6) is 3.12. The zero-order chi connectivity index (χ0) is 25.9. The molecule has 0 aliphatic rings. The number of thiazole rings is 1. The van der Waals surface area contributed by atoms with Gasteiger partial charge < -0.3 is 14.0 Å².